The number of rotatable bonds is 6. The minimum Gasteiger partial charge on any atom is -0.480 e. The molecule has 0 aliphatic rings. The third kappa shape index (κ3) is 4.52. The zero-order valence-corrected chi connectivity index (χ0v) is 8.10. The normalized spacial score (nSPS) is 13.2. The lowest BCUT2D eigenvalue weighted by molar-refractivity contribution is -0.143. The first kappa shape index (κ1) is 12.0. The minimum atomic E-state index is -1.01. The molecular weight excluding hydrogens is 170 g/mol. The second-order valence-electron chi connectivity index (χ2n) is 2.88. The Morgan fingerprint density at radius 1 is 1.62 bits per heavy atom. The Bertz CT molecular complexity index is 180. The Labute approximate surface area is 78.5 Å². The highest BCUT2D eigenvalue weighted by atomic mass is 16.4. The fraction of sp³-hybridized carbons (Fsp3) is 0.667. The van der Waals surface area contributed by atoms with E-state index >= 15 is 0 Å². The quantitative estimate of drug-likeness (QED) is 0.642. The third-order valence-corrected chi connectivity index (χ3v) is 1.75. The van der Waals surface area contributed by atoms with Gasteiger partial charge in [-0.2, -0.15) is 0 Å². The molecule has 0 rings (SSSR count). The molecule has 0 saturated carbocycles. The van der Waals surface area contributed by atoms with Crippen LogP contribution in [0.25, 0.3) is 0 Å². The maximum absolute atomic E-state index is 10.6. The number of allylic oxidation sites excluding steroid dienone is 1. The summed E-state index contributed by atoms with van der Waals surface area (Å²) < 4.78 is 0. The van der Waals surface area contributed by atoms with Crippen LogP contribution in [-0.2, 0) is 4.79 Å². The molecule has 13 heavy (non-hydrogen) atoms. The van der Waals surface area contributed by atoms with Gasteiger partial charge in [-0.15, -0.1) is 0 Å². The zero-order valence-electron chi connectivity index (χ0n) is 8.10. The summed E-state index contributed by atoms with van der Waals surface area (Å²) in [5.41, 5.74) is 0. The van der Waals surface area contributed by atoms with Crippen molar-refractivity contribution in [2.24, 2.45) is 0 Å². The number of carboxylic acid groups (broad SMARTS) is 1. The summed E-state index contributed by atoms with van der Waals surface area (Å²) in [6.07, 6.45) is 5.54. The number of likely N-dealkylation sites (N-methyl/N-ethyl adjacent to an activating group) is 1. The van der Waals surface area contributed by atoms with E-state index in [1.165, 1.54) is 4.90 Å². The standard InChI is InChI=1S/C9H17NO3/c1-3-4-5-6-10(2)8(7-11)9(12)13/h5-6,8,11H,3-4,7H2,1-2H3,(H,12,13)/b6-5+. The Morgan fingerprint density at radius 2 is 2.23 bits per heavy atom. The number of aliphatic carboxylic acids is 1. The minimum absolute atomic E-state index is 0.373. The molecular formula is C9H17NO3. The molecule has 0 aromatic rings. The van der Waals surface area contributed by atoms with E-state index in [0.29, 0.717) is 0 Å². The Kier molecular flexibility index (Phi) is 5.97. The monoisotopic (exact) mass is 187 g/mol. The van der Waals surface area contributed by atoms with Crippen molar-refractivity contribution in [2.75, 3.05) is 13.7 Å². The number of hydrogen-bond acceptors (Lipinski definition) is 3. The van der Waals surface area contributed by atoms with Crippen LogP contribution >= 0.6 is 0 Å². The van der Waals surface area contributed by atoms with Crippen LogP contribution in [0, 0.1) is 0 Å². The van der Waals surface area contributed by atoms with Crippen molar-refractivity contribution in [3.63, 3.8) is 0 Å². The van der Waals surface area contributed by atoms with Crippen molar-refractivity contribution in [2.45, 2.75) is 25.8 Å². The van der Waals surface area contributed by atoms with Crippen LogP contribution in [0.2, 0.25) is 0 Å². The highest BCUT2D eigenvalue weighted by Gasteiger charge is 2.18. The number of nitrogens with zero attached hydrogens (tertiary/aromatic N) is 1. The van der Waals surface area contributed by atoms with Crippen molar-refractivity contribution in [3.05, 3.63) is 12.3 Å². The molecule has 0 aromatic carbocycles. The molecule has 0 radical (unpaired) electrons. The summed E-state index contributed by atoms with van der Waals surface area (Å²) in [7, 11) is 1.64. The van der Waals surface area contributed by atoms with Crippen LogP contribution in [0.4, 0.5) is 0 Å². The van der Waals surface area contributed by atoms with Crippen molar-refractivity contribution >= 4 is 5.97 Å². The SMILES string of the molecule is CCC/C=C/N(C)C(CO)C(=O)O. The fourth-order valence-corrected chi connectivity index (χ4v) is 0.892. The number of hydrogen-bond donors (Lipinski definition) is 2. The maximum atomic E-state index is 10.6. The summed E-state index contributed by atoms with van der Waals surface area (Å²) in [5, 5.41) is 17.4. The van der Waals surface area contributed by atoms with Gasteiger partial charge in [-0.3, -0.25) is 0 Å². The van der Waals surface area contributed by atoms with Gasteiger partial charge in [-0.05, 0) is 12.6 Å². The van der Waals surface area contributed by atoms with Crippen LogP contribution in [0.15, 0.2) is 12.3 Å². The van der Waals surface area contributed by atoms with Crippen molar-refractivity contribution < 1.29 is 15.0 Å². The largest absolute Gasteiger partial charge is 0.480 e. The third-order valence-electron chi connectivity index (χ3n) is 1.75. The molecule has 76 valence electrons. The maximum Gasteiger partial charge on any atom is 0.328 e. The number of aliphatic hydroxyl groups is 1. The molecule has 0 spiro atoms. The van der Waals surface area contributed by atoms with Gasteiger partial charge in [0.15, 0.2) is 0 Å². The Morgan fingerprint density at radius 3 is 2.62 bits per heavy atom. The first-order valence-corrected chi connectivity index (χ1v) is 4.35. The highest BCUT2D eigenvalue weighted by Crippen LogP contribution is 1.98. The van der Waals surface area contributed by atoms with Crippen LogP contribution < -0.4 is 0 Å². The summed E-state index contributed by atoms with van der Waals surface area (Å²) in [4.78, 5) is 12.1. The number of carbonyl (C=O) groups is 1. The molecule has 0 fully saturated rings. The van der Waals surface area contributed by atoms with Crippen molar-refractivity contribution in [3.8, 4) is 0 Å². The van der Waals surface area contributed by atoms with E-state index in [2.05, 4.69) is 0 Å². The van der Waals surface area contributed by atoms with Crippen LogP contribution in [0.3, 0.4) is 0 Å². The lowest BCUT2D eigenvalue weighted by Gasteiger charge is -2.20. The number of aliphatic hydroxyl groups excluding tert-OH is 1. The second-order valence-corrected chi connectivity index (χ2v) is 2.88. The second kappa shape index (κ2) is 6.48. The van der Waals surface area contributed by atoms with E-state index in [0.717, 1.165) is 12.8 Å². The van der Waals surface area contributed by atoms with Gasteiger partial charge in [-0.1, -0.05) is 19.4 Å². The summed E-state index contributed by atoms with van der Waals surface area (Å²) in [6, 6.07) is -0.840. The highest BCUT2D eigenvalue weighted by molar-refractivity contribution is 5.73. The van der Waals surface area contributed by atoms with Gasteiger partial charge in [0, 0.05) is 7.05 Å². The molecule has 0 heterocycles. The van der Waals surface area contributed by atoms with Gasteiger partial charge in [0.2, 0.25) is 0 Å². The van der Waals surface area contributed by atoms with E-state index in [-0.39, 0.29) is 6.61 Å². The molecule has 0 aromatic heterocycles. The van der Waals surface area contributed by atoms with Gasteiger partial charge in [-0.25, -0.2) is 4.79 Å². The average molecular weight is 187 g/mol. The Hall–Kier alpha value is -1.03. The Balaban J connectivity index is 4.05. The topological polar surface area (TPSA) is 60.8 Å². The molecule has 0 aliphatic carbocycles. The molecule has 0 amide bonds. The van der Waals surface area contributed by atoms with Gasteiger partial charge in [0.05, 0.1) is 6.61 Å². The molecule has 1 atom stereocenters. The lowest BCUT2D eigenvalue weighted by Crippen LogP contribution is -2.37. The van der Waals surface area contributed by atoms with E-state index in [4.69, 9.17) is 10.2 Å². The van der Waals surface area contributed by atoms with E-state index in [9.17, 15) is 4.79 Å². The van der Waals surface area contributed by atoms with Gasteiger partial charge in [0.25, 0.3) is 0 Å². The van der Waals surface area contributed by atoms with Crippen LogP contribution in [0.1, 0.15) is 19.8 Å². The van der Waals surface area contributed by atoms with Gasteiger partial charge in [0.1, 0.15) is 6.04 Å². The predicted molar refractivity (Wildman–Crippen MR) is 50.3 cm³/mol. The van der Waals surface area contributed by atoms with E-state index in [1.807, 2.05) is 13.0 Å². The molecule has 4 nitrogen and oxygen atoms in total. The van der Waals surface area contributed by atoms with E-state index < -0.39 is 12.0 Å². The smallest absolute Gasteiger partial charge is 0.328 e. The molecule has 1 unspecified atom stereocenters. The van der Waals surface area contributed by atoms with Crippen LogP contribution in [0.5, 0.6) is 0 Å². The fourth-order valence-electron chi connectivity index (χ4n) is 0.892. The van der Waals surface area contributed by atoms with Gasteiger partial charge >= 0.3 is 5.97 Å². The molecule has 0 saturated heterocycles. The summed E-state index contributed by atoms with van der Waals surface area (Å²) in [5.74, 6) is -1.01. The molecule has 4 heteroatoms. The first-order chi connectivity index (χ1) is 6.13. The van der Waals surface area contributed by atoms with Crippen molar-refractivity contribution in [1.82, 2.24) is 4.90 Å². The lowest BCUT2D eigenvalue weighted by atomic mass is 10.3. The molecule has 2 N–H and O–H groups in total. The molecule has 0 bridgehead atoms. The van der Waals surface area contributed by atoms with Crippen LogP contribution in [-0.4, -0.2) is 40.8 Å². The van der Waals surface area contributed by atoms with Gasteiger partial charge < -0.3 is 15.1 Å². The number of carboxylic acids is 1. The zero-order chi connectivity index (χ0) is 10.3. The summed E-state index contributed by atoms with van der Waals surface area (Å²) in [6.45, 7) is 1.67. The predicted octanol–water partition coefficient (Wildman–Crippen LogP) is 0.677. The average Bonchev–Trinajstić information content (AvgIpc) is 2.05. The molecule has 0 aliphatic heterocycles. The first-order valence-electron chi connectivity index (χ1n) is 4.35. The van der Waals surface area contributed by atoms with E-state index in [1.54, 1.807) is 13.2 Å². The summed E-state index contributed by atoms with van der Waals surface area (Å²) >= 11 is 0. The van der Waals surface area contributed by atoms with Crippen molar-refractivity contribution in [1.29, 1.82) is 0 Å². The number of unbranched alkanes of at least 4 members (excludes halogenated alkanes) is 1.